The molecule has 7 heteroatoms. The van der Waals surface area contributed by atoms with Crippen molar-refractivity contribution in [3.63, 3.8) is 0 Å². The molecule has 0 aliphatic carbocycles. The number of methoxy groups -OCH3 is 1. The van der Waals surface area contributed by atoms with Crippen LogP contribution in [0.4, 0.5) is 4.39 Å². The van der Waals surface area contributed by atoms with Gasteiger partial charge in [-0.2, -0.15) is 5.10 Å². The lowest BCUT2D eigenvalue weighted by molar-refractivity contribution is 0.284. The lowest BCUT2D eigenvalue weighted by Gasteiger charge is -2.11. The summed E-state index contributed by atoms with van der Waals surface area (Å²) in [5.41, 5.74) is 8.57. The molecule has 0 heterocycles. The van der Waals surface area contributed by atoms with Gasteiger partial charge in [-0.3, -0.25) is 0 Å². The maximum atomic E-state index is 13.3. The van der Waals surface area contributed by atoms with Crippen LogP contribution in [0.3, 0.4) is 0 Å². The third kappa shape index (κ3) is 6.63. The summed E-state index contributed by atoms with van der Waals surface area (Å²) in [6.45, 7) is 0.218. The van der Waals surface area contributed by atoms with Crippen LogP contribution < -0.4 is 15.2 Å². The molecule has 3 aromatic rings. The third-order valence-corrected chi connectivity index (χ3v) is 4.92. The molecule has 0 aliphatic heterocycles. The lowest BCUT2D eigenvalue weighted by Crippen LogP contribution is -2.06. The van der Waals surface area contributed by atoms with E-state index < -0.39 is 0 Å². The number of ether oxygens (including phenoxy) is 2. The Labute approximate surface area is 179 Å². The summed E-state index contributed by atoms with van der Waals surface area (Å²) in [7, 11) is 1.56. The number of nitrogens with two attached hydrogens (primary N) is 1. The lowest BCUT2D eigenvalue weighted by atomic mass is 10.2. The Hall–Kier alpha value is -3.32. The molecular formula is C23H22FN3O2S. The first-order valence-electron chi connectivity index (χ1n) is 9.22. The zero-order valence-corrected chi connectivity index (χ0v) is 17.3. The zero-order chi connectivity index (χ0) is 21.2. The number of hydrogen-bond acceptors (Lipinski definition) is 5. The van der Waals surface area contributed by atoms with Gasteiger partial charge in [-0.15, -0.1) is 5.10 Å². The summed E-state index contributed by atoms with van der Waals surface area (Å²) in [5, 5.41) is 8.46. The van der Waals surface area contributed by atoms with Crippen molar-refractivity contribution in [2.24, 2.45) is 15.9 Å². The number of thioether (sulfide) groups is 1. The molecule has 0 aliphatic rings. The molecule has 0 saturated carbocycles. The molecule has 0 amide bonds. The normalized spacial score (nSPS) is 11.6. The minimum Gasteiger partial charge on any atom is -0.493 e. The van der Waals surface area contributed by atoms with E-state index in [0.717, 1.165) is 16.9 Å². The number of halogens is 1. The number of benzene rings is 3. The van der Waals surface area contributed by atoms with Crippen LogP contribution >= 0.6 is 11.8 Å². The highest BCUT2D eigenvalue weighted by molar-refractivity contribution is 8.13. The van der Waals surface area contributed by atoms with Crippen molar-refractivity contribution in [2.75, 3.05) is 7.11 Å². The van der Waals surface area contributed by atoms with Crippen molar-refractivity contribution >= 4 is 23.1 Å². The molecule has 0 aromatic heterocycles. The van der Waals surface area contributed by atoms with Gasteiger partial charge < -0.3 is 15.2 Å². The van der Waals surface area contributed by atoms with Crippen molar-refractivity contribution in [3.8, 4) is 11.5 Å². The molecule has 0 atom stereocenters. The second-order valence-corrected chi connectivity index (χ2v) is 7.28. The Morgan fingerprint density at radius 2 is 1.80 bits per heavy atom. The van der Waals surface area contributed by atoms with Gasteiger partial charge in [-0.1, -0.05) is 54.2 Å². The first-order valence-corrected chi connectivity index (χ1v) is 10.2. The topological polar surface area (TPSA) is 69.2 Å². The van der Waals surface area contributed by atoms with Crippen molar-refractivity contribution < 1.29 is 13.9 Å². The molecule has 30 heavy (non-hydrogen) atoms. The van der Waals surface area contributed by atoms with Crippen LogP contribution in [0.15, 0.2) is 83.0 Å². The highest BCUT2D eigenvalue weighted by atomic mass is 32.2. The summed E-state index contributed by atoms with van der Waals surface area (Å²) < 4.78 is 24.5. The molecule has 0 fully saturated rings. The monoisotopic (exact) mass is 423 g/mol. The summed E-state index contributed by atoms with van der Waals surface area (Å²) in [6.07, 6.45) is 1.59. The van der Waals surface area contributed by atoms with E-state index in [-0.39, 0.29) is 12.4 Å². The summed E-state index contributed by atoms with van der Waals surface area (Å²) in [4.78, 5) is 0. The molecule has 2 N–H and O–H groups in total. The average Bonchev–Trinajstić information content (AvgIpc) is 2.77. The molecule has 0 saturated heterocycles. The SMILES string of the molecule is COc1ccc(C=NN=C(N)SCc2ccccc2)cc1OCc1cccc(F)c1. The van der Waals surface area contributed by atoms with E-state index in [1.54, 1.807) is 37.6 Å². The van der Waals surface area contributed by atoms with Crippen molar-refractivity contribution in [1.82, 2.24) is 0 Å². The molecule has 5 nitrogen and oxygen atoms in total. The molecule has 154 valence electrons. The molecule has 0 spiro atoms. The third-order valence-electron chi connectivity index (χ3n) is 4.06. The molecule has 0 bridgehead atoms. The van der Waals surface area contributed by atoms with Gasteiger partial charge >= 0.3 is 0 Å². The quantitative estimate of drug-likeness (QED) is 0.315. The van der Waals surface area contributed by atoms with Gasteiger partial charge in [-0.05, 0) is 47.0 Å². The van der Waals surface area contributed by atoms with E-state index in [2.05, 4.69) is 10.2 Å². The Balaban J connectivity index is 1.61. The van der Waals surface area contributed by atoms with Crippen LogP contribution in [0.1, 0.15) is 16.7 Å². The predicted molar refractivity (Wildman–Crippen MR) is 121 cm³/mol. The van der Waals surface area contributed by atoms with Crippen molar-refractivity contribution in [1.29, 1.82) is 0 Å². The summed E-state index contributed by atoms with van der Waals surface area (Å²) in [6, 6.07) is 21.7. The second kappa shape index (κ2) is 11.0. The van der Waals surface area contributed by atoms with Gasteiger partial charge in [-0.25, -0.2) is 4.39 Å². The van der Waals surface area contributed by atoms with Crippen LogP contribution in [0.5, 0.6) is 11.5 Å². The minimum absolute atomic E-state index is 0.218. The first-order chi connectivity index (χ1) is 14.6. The Kier molecular flexibility index (Phi) is 7.86. The van der Waals surface area contributed by atoms with E-state index >= 15 is 0 Å². The minimum atomic E-state index is -0.301. The van der Waals surface area contributed by atoms with E-state index in [1.807, 2.05) is 36.4 Å². The Morgan fingerprint density at radius 1 is 1.00 bits per heavy atom. The fourth-order valence-electron chi connectivity index (χ4n) is 2.59. The highest BCUT2D eigenvalue weighted by Crippen LogP contribution is 2.28. The number of rotatable bonds is 8. The Bertz CT molecular complexity index is 1030. The van der Waals surface area contributed by atoms with Crippen LogP contribution in [0, 0.1) is 5.82 Å². The van der Waals surface area contributed by atoms with Gasteiger partial charge in [0, 0.05) is 5.75 Å². The van der Waals surface area contributed by atoms with Gasteiger partial charge in [0.2, 0.25) is 0 Å². The van der Waals surface area contributed by atoms with E-state index in [0.29, 0.717) is 16.7 Å². The molecule has 3 aromatic carbocycles. The van der Waals surface area contributed by atoms with E-state index in [4.69, 9.17) is 15.2 Å². The van der Waals surface area contributed by atoms with Crippen LogP contribution in [-0.2, 0) is 12.4 Å². The largest absolute Gasteiger partial charge is 0.493 e. The second-order valence-electron chi connectivity index (χ2n) is 6.29. The maximum Gasteiger partial charge on any atom is 0.180 e. The van der Waals surface area contributed by atoms with Crippen LogP contribution in [-0.4, -0.2) is 18.5 Å². The van der Waals surface area contributed by atoms with E-state index in [9.17, 15) is 4.39 Å². The van der Waals surface area contributed by atoms with Gasteiger partial charge in [0.15, 0.2) is 16.7 Å². The standard InChI is InChI=1S/C23H22FN3O2S/c1-28-21-11-10-18(13-22(21)29-15-19-8-5-9-20(24)12-19)14-26-27-23(25)30-16-17-6-3-2-4-7-17/h2-14H,15-16H2,1H3,(H2,25,27). The highest BCUT2D eigenvalue weighted by Gasteiger charge is 2.06. The number of hydrogen-bond donors (Lipinski definition) is 1. The molecule has 0 unspecified atom stereocenters. The first kappa shape index (κ1) is 21.4. The van der Waals surface area contributed by atoms with Crippen LogP contribution in [0.2, 0.25) is 0 Å². The summed E-state index contributed by atoms with van der Waals surface area (Å²) >= 11 is 1.42. The predicted octanol–water partition coefficient (Wildman–Crippen LogP) is 5.00. The van der Waals surface area contributed by atoms with Gasteiger partial charge in [0.25, 0.3) is 0 Å². The van der Waals surface area contributed by atoms with Gasteiger partial charge in [0.05, 0.1) is 13.3 Å². The van der Waals surface area contributed by atoms with E-state index in [1.165, 1.54) is 29.5 Å². The molecular weight excluding hydrogens is 401 g/mol. The fraction of sp³-hybridized carbons (Fsp3) is 0.130. The Morgan fingerprint density at radius 3 is 2.57 bits per heavy atom. The fourth-order valence-corrected chi connectivity index (χ4v) is 3.20. The van der Waals surface area contributed by atoms with Crippen LogP contribution in [0.25, 0.3) is 0 Å². The van der Waals surface area contributed by atoms with Gasteiger partial charge in [0.1, 0.15) is 12.4 Å². The molecule has 3 rings (SSSR count). The maximum absolute atomic E-state index is 13.3. The number of nitrogens with zero attached hydrogens (tertiary/aromatic N) is 2. The zero-order valence-electron chi connectivity index (χ0n) is 16.5. The average molecular weight is 424 g/mol. The number of amidine groups is 1. The molecule has 0 radical (unpaired) electrons. The van der Waals surface area contributed by atoms with Crippen molar-refractivity contribution in [3.05, 3.63) is 95.3 Å². The van der Waals surface area contributed by atoms with Crippen molar-refractivity contribution in [2.45, 2.75) is 12.4 Å². The smallest absolute Gasteiger partial charge is 0.180 e. The summed E-state index contributed by atoms with van der Waals surface area (Å²) in [5.74, 6) is 1.53.